The van der Waals surface area contributed by atoms with Gasteiger partial charge in [0, 0.05) is 6.92 Å². The Kier molecular flexibility index (Phi) is 1.99. The standard InChI is InChI=1S/C5H7NO/c1-3-5(6)4(2)7/h3,6H,1H2,2H3. The molecule has 0 saturated heterocycles. The fourth-order valence-corrected chi connectivity index (χ4v) is 0.144. The predicted molar refractivity (Wildman–Crippen MR) is 28.6 cm³/mol. The van der Waals surface area contributed by atoms with Gasteiger partial charge in [-0.15, -0.1) is 0 Å². The van der Waals surface area contributed by atoms with Crippen molar-refractivity contribution in [3.8, 4) is 0 Å². The summed E-state index contributed by atoms with van der Waals surface area (Å²) in [4.78, 5) is 10.1. The third kappa shape index (κ3) is 1.87. The van der Waals surface area contributed by atoms with Crippen molar-refractivity contribution in [3.63, 3.8) is 0 Å². The van der Waals surface area contributed by atoms with Gasteiger partial charge in [0.25, 0.3) is 0 Å². The van der Waals surface area contributed by atoms with Crippen LogP contribution in [-0.4, -0.2) is 11.5 Å². The van der Waals surface area contributed by atoms with Crippen molar-refractivity contribution < 1.29 is 4.79 Å². The highest BCUT2D eigenvalue weighted by Crippen LogP contribution is 1.73. The molecule has 0 radical (unpaired) electrons. The Hall–Kier alpha value is -0.920. The summed E-state index contributed by atoms with van der Waals surface area (Å²) in [5.74, 6) is -0.241. The van der Waals surface area contributed by atoms with Crippen molar-refractivity contribution in [3.05, 3.63) is 12.7 Å². The normalized spacial score (nSPS) is 7.57. The molecule has 0 atom stereocenters. The molecule has 0 fully saturated rings. The van der Waals surface area contributed by atoms with Gasteiger partial charge >= 0.3 is 0 Å². The van der Waals surface area contributed by atoms with Crippen molar-refractivity contribution >= 4 is 11.5 Å². The topological polar surface area (TPSA) is 40.9 Å². The molecule has 2 heteroatoms. The van der Waals surface area contributed by atoms with Gasteiger partial charge in [-0.3, -0.25) is 10.2 Å². The van der Waals surface area contributed by atoms with E-state index in [9.17, 15) is 4.79 Å². The van der Waals surface area contributed by atoms with E-state index in [4.69, 9.17) is 5.41 Å². The average molecular weight is 97.1 g/mol. The maximum absolute atomic E-state index is 10.1. The van der Waals surface area contributed by atoms with Crippen molar-refractivity contribution in [1.82, 2.24) is 0 Å². The number of hydrogen-bond acceptors (Lipinski definition) is 2. The zero-order valence-corrected chi connectivity index (χ0v) is 4.19. The second-order valence-electron chi connectivity index (χ2n) is 1.17. The van der Waals surface area contributed by atoms with Gasteiger partial charge in [0.15, 0.2) is 5.78 Å². The monoisotopic (exact) mass is 97.1 g/mol. The van der Waals surface area contributed by atoms with E-state index in [-0.39, 0.29) is 11.5 Å². The molecule has 0 heterocycles. The highest BCUT2D eigenvalue weighted by Gasteiger charge is 1.92. The van der Waals surface area contributed by atoms with Crippen LogP contribution in [0, 0.1) is 5.41 Å². The maximum atomic E-state index is 10.1. The minimum Gasteiger partial charge on any atom is -0.297 e. The third-order valence-electron chi connectivity index (χ3n) is 0.583. The van der Waals surface area contributed by atoms with E-state index in [1.54, 1.807) is 0 Å². The first-order valence-corrected chi connectivity index (χ1v) is 1.90. The SMILES string of the molecule is C=CC(=N)C(C)=O. The lowest BCUT2D eigenvalue weighted by Gasteiger charge is -1.81. The van der Waals surface area contributed by atoms with Crippen LogP contribution in [-0.2, 0) is 4.79 Å². The van der Waals surface area contributed by atoms with Crippen LogP contribution in [0.4, 0.5) is 0 Å². The van der Waals surface area contributed by atoms with Gasteiger partial charge in [-0.2, -0.15) is 0 Å². The lowest BCUT2D eigenvalue weighted by Crippen LogP contribution is -2.02. The number of Topliss-reactive ketones (excluding diaryl/α,β-unsaturated/α-hetero) is 1. The van der Waals surface area contributed by atoms with Crippen LogP contribution in [0.1, 0.15) is 6.92 Å². The largest absolute Gasteiger partial charge is 0.297 e. The summed E-state index contributed by atoms with van der Waals surface area (Å²) in [6, 6.07) is 0. The summed E-state index contributed by atoms with van der Waals surface area (Å²) >= 11 is 0. The fraction of sp³-hybridized carbons (Fsp3) is 0.200. The zero-order valence-electron chi connectivity index (χ0n) is 4.19. The lowest BCUT2D eigenvalue weighted by molar-refractivity contribution is -0.111. The Bertz CT molecular complexity index is 115. The molecule has 0 rings (SSSR count). The number of ketones is 1. The van der Waals surface area contributed by atoms with Crippen LogP contribution in [0.25, 0.3) is 0 Å². The van der Waals surface area contributed by atoms with Gasteiger partial charge < -0.3 is 0 Å². The Balaban J connectivity index is 3.81. The number of carbonyl (C=O) groups is 1. The van der Waals surface area contributed by atoms with Gasteiger partial charge in [-0.05, 0) is 6.08 Å². The van der Waals surface area contributed by atoms with E-state index in [1.165, 1.54) is 13.0 Å². The molecule has 0 unspecified atom stereocenters. The summed E-state index contributed by atoms with van der Waals surface area (Å²) in [5, 5.41) is 6.72. The minimum absolute atomic E-state index is 0.0278. The molecule has 1 N–H and O–H groups in total. The Morgan fingerprint density at radius 3 is 2.29 bits per heavy atom. The Morgan fingerprint density at radius 2 is 2.29 bits per heavy atom. The second kappa shape index (κ2) is 2.29. The number of allylic oxidation sites excluding steroid dienone is 1. The molecule has 2 nitrogen and oxygen atoms in total. The zero-order chi connectivity index (χ0) is 5.86. The Morgan fingerprint density at radius 1 is 1.86 bits per heavy atom. The van der Waals surface area contributed by atoms with Crippen LogP contribution in [0.3, 0.4) is 0 Å². The van der Waals surface area contributed by atoms with E-state index in [2.05, 4.69) is 6.58 Å². The van der Waals surface area contributed by atoms with Crippen molar-refractivity contribution in [2.24, 2.45) is 0 Å². The molecule has 0 amide bonds. The number of hydrogen-bond donors (Lipinski definition) is 1. The van der Waals surface area contributed by atoms with Crippen molar-refractivity contribution in [2.75, 3.05) is 0 Å². The molecule has 0 bridgehead atoms. The number of nitrogens with one attached hydrogen (secondary N) is 1. The van der Waals surface area contributed by atoms with E-state index in [0.717, 1.165) is 0 Å². The first-order valence-electron chi connectivity index (χ1n) is 1.90. The quantitative estimate of drug-likeness (QED) is 0.508. The molecular formula is C5H7NO. The second-order valence-corrected chi connectivity index (χ2v) is 1.17. The molecule has 0 spiro atoms. The van der Waals surface area contributed by atoms with Crippen molar-refractivity contribution in [2.45, 2.75) is 6.92 Å². The van der Waals surface area contributed by atoms with E-state index >= 15 is 0 Å². The van der Waals surface area contributed by atoms with Crippen LogP contribution < -0.4 is 0 Å². The molecule has 0 aliphatic heterocycles. The molecule has 0 saturated carbocycles. The predicted octanol–water partition coefficient (Wildman–Crippen LogP) is 0.781. The van der Waals surface area contributed by atoms with Gasteiger partial charge in [-0.1, -0.05) is 6.58 Å². The summed E-state index contributed by atoms with van der Waals surface area (Å²) in [5.41, 5.74) is -0.0278. The maximum Gasteiger partial charge on any atom is 0.177 e. The van der Waals surface area contributed by atoms with E-state index in [0.29, 0.717) is 0 Å². The molecule has 0 aliphatic carbocycles. The van der Waals surface area contributed by atoms with Crippen LogP contribution in [0.5, 0.6) is 0 Å². The molecule has 7 heavy (non-hydrogen) atoms. The third-order valence-corrected chi connectivity index (χ3v) is 0.583. The smallest absolute Gasteiger partial charge is 0.177 e. The van der Waals surface area contributed by atoms with Crippen LogP contribution in [0.2, 0.25) is 0 Å². The van der Waals surface area contributed by atoms with Gasteiger partial charge in [0.2, 0.25) is 0 Å². The molecule has 0 aliphatic rings. The summed E-state index contributed by atoms with van der Waals surface area (Å²) in [6.07, 6.45) is 1.22. The first kappa shape index (κ1) is 6.08. The highest BCUT2D eigenvalue weighted by atomic mass is 16.1. The van der Waals surface area contributed by atoms with Crippen LogP contribution in [0.15, 0.2) is 12.7 Å². The van der Waals surface area contributed by atoms with Crippen LogP contribution >= 0.6 is 0 Å². The van der Waals surface area contributed by atoms with Gasteiger partial charge in [0.1, 0.15) is 0 Å². The summed E-state index contributed by atoms with van der Waals surface area (Å²) < 4.78 is 0. The van der Waals surface area contributed by atoms with E-state index in [1.807, 2.05) is 0 Å². The Labute approximate surface area is 42.4 Å². The van der Waals surface area contributed by atoms with Gasteiger partial charge in [-0.25, -0.2) is 0 Å². The van der Waals surface area contributed by atoms with Crippen molar-refractivity contribution in [1.29, 1.82) is 5.41 Å². The average Bonchev–Trinajstić information content (AvgIpc) is 1.65. The highest BCUT2D eigenvalue weighted by molar-refractivity contribution is 6.41. The first-order chi connectivity index (χ1) is 3.18. The fourth-order valence-electron chi connectivity index (χ4n) is 0.144. The molecule has 0 aromatic rings. The van der Waals surface area contributed by atoms with Gasteiger partial charge in [0.05, 0.1) is 5.71 Å². The number of rotatable bonds is 2. The molecule has 38 valence electrons. The summed E-state index contributed by atoms with van der Waals surface area (Å²) in [7, 11) is 0. The minimum atomic E-state index is -0.241. The number of carbonyl (C=O) groups excluding carboxylic acids is 1. The molecule has 0 aromatic carbocycles. The lowest BCUT2D eigenvalue weighted by atomic mass is 10.3. The van der Waals surface area contributed by atoms with E-state index < -0.39 is 0 Å². The molecule has 0 aromatic heterocycles. The summed E-state index contributed by atoms with van der Waals surface area (Å²) in [6.45, 7) is 4.57. The molecular weight excluding hydrogens is 90.1 g/mol.